The molecule has 2 N–H and O–H groups in total. The van der Waals surface area contributed by atoms with Crippen LogP contribution in [0.5, 0.6) is 0 Å². The number of carbonyl (C=O) groups excluding carboxylic acids is 1. The third kappa shape index (κ3) is 3.86. The highest BCUT2D eigenvalue weighted by molar-refractivity contribution is 9.10. The average molecular weight is 405 g/mol. The third-order valence-electron chi connectivity index (χ3n) is 3.59. The van der Waals surface area contributed by atoms with E-state index >= 15 is 0 Å². The lowest BCUT2D eigenvalue weighted by Crippen LogP contribution is -2.22. The number of nitrogens with one attached hydrogen (secondary N) is 2. The minimum Gasteiger partial charge on any atom is -0.361 e. The number of carbonyl (C=O) groups is 1. The van der Waals surface area contributed by atoms with Crippen molar-refractivity contribution in [3.05, 3.63) is 63.7 Å². The first-order valence-corrected chi connectivity index (χ1v) is 8.55. The van der Waals surface area contributed by atoms with Crippen LogP contribution in [-0.2, 0) is 4.79 Å². The Labute approximate surface area is 153 Å². The highest BCUT2D eigenvalue weighted by Gasteiger charge is 2.07. The minimum atomic E-state index is -0.147. The number of hydrogen-bond donors (Lipinski definition) is 2. The normalized spacial score (nSPS) is 10.6. The highest BCUT2D eigenvalue weighted by atomic mass is 79.9. The quantitative estimate of drug-likeness (QED) is 0.601. The maximum Gasteiger partial charge on any atom is 0.243 e. The van der Waals surface area contributed by atoms with Gasteiger partial charge in [-0.25, -0.2) is 4.98 Å². The molecule has 0 spiro atoms. The molecule has 0 aliphatic rings. The number of aromatic nitrogens is 1. The van der Waals surface area contributed by atoms with E-state index in [1.807, 2.05) is 55.5 Å². The molecule has 0 aliphatic heterocycles. The lowest BCUT2D eigenvalue weighted by Gasteiger charge is -2.11. The molecule has 0 fully saturated rings. The Hall–Kier alpha value is -2.11. The van der Waals surface area contributed by atoms with Gasteiger partial charge in [-0.05, 0) is 42.1 Å². The van der Waals surface area contributed by atoms with Crippen molar-refractivity contribution in [3.8, 4) is 0 Å². The monoisotopic (exact) mass is 403 g/mol. The molecule has 1 aromatic heterocycles. The van der Waals surface area contributed by atoms with E-state index in [2.05, 4.69) is 31.5 Å². The van der Waals surface area contributed by atoms with Gasteiger partial charge in [-0.3, -0.25) is 4.79 Å². The van der Waals surface area contributed by atoms with E-state index in [-0.39, 0.29) is 12.5 Å². The summed E-state index contributed by atoms with van der Waals surface area (Å²) in [6, 6.07) is 15.3. The number of halogens is 2. The molecule has 0 aliphatic carbocycles. The van der Waals surface area contributed by atoms with Gasteiger partial charge in [-0.2, -0.15) is 0 Å². The Balaban J connectivity index is 1.68. The molecule has 122 valence electrons. The van der Waals surface area contributed by atoms with Gasteiger partial charge < -0.3 is 10.6 Å². The Morgan fingerprint density at radius 1 is 1.21 bits per heavy atom. The van der Waals surface area contributed by atoms with E-state index in [0.717, 1.165) is 26.5 Å². The molecule has 0 unspecified atom stereocenters. The predicted octanol–water partition coefficient (Wildman–Crippen LogP) is 5.01. The van der Waals surface area contributed by atoms with Crippen LogP contribution in [-0.4, -0.2) is 17.4 Å². The molecule has 6 heteroatoms. The fraction of sp³-hybridized carbons (Fsp3) is 0.111. The van der Waals surface area contributed by atoms with Gasteiger partial charge in [0.2, 0.25) is 5.91 Å². The van der Waals surface area contributed by atoms with E-state index in [4.69, 9.17) is 11.6 Å². The van der Waals surface area contributed by atoms with Gasteiger partial charge in [0.15, 0.2) is 0 Å². The second kappa shape index (κ2) is 7.20. The van der Waals surface area contributed by atoms with Crippen LogP contribution in [0.3, 0.4) is 0 Å². The number of hydrogen-bond acceptors (Lipinski definition) is 3. The van der Waals surface area contributed by atoms with Crippen LogP contribution in [0.15, 0.2) is 53.0 Å². The van der Waals surface area contributed by atoms with E-state index in [1.165, 1.54) is 0 Å². The molecule has 0 saturated carbocycles. The summed E-state index contributed by atoms with van der Waals surface area (Å²) in [6.45, 7) is 2.05. The fourth-order valence-corrected chi connectivity index (χ4v) is 3.12. The van der Waals surface area contributed by atoms with Gasteiger partial charge in [0.05, 0.1) is 6.54 Å². The molecule has 3 aromatic rings. The third-order valence-corrected chi connectivity index (χ3v) is 4.37. The maximum atomic E-state index is 12.1. The summed E-state index contributed by atoms with van der Waals surface area (Å²) in [4.78, 5) is 16.4. The van der Waals surface area contributed by atoms with Gasteiger partial charge in [-0.1, -0.05) is 51.8 Å². The summed E-state index contributed by atoms with van der Waals surface area (Å²) in [5.74, 6) is 0.424. The van der Waals surface area contributed by atoms with Crippen molar-refractivity contribution in [2.75, 3.05) is 17.2 Å². The van der Waals surface area contributed by atoms with Crippen molar-refractivity contribution in [1.29, 1.82) is 0 Å². The SMILES string of the molecule is Cc1cc(Br)ccc1NC(=O)CNc1cc2ccccc2c(Cl)n1. The van der Waals surface area contributed by atoms with Gasteiger partial charge in [0.25, 0.3) is 0 Å². The smallest absolute Gasteiger partial charge is 0.243 e. The van der Waals surface area contributed by atoms with E-state index in [1.54, 1.807) is 0 Å². The number of benzene rings is 2. The van der Waals surface area contributed by atoms with Crippen LogP contribution in [0, 0.1) is 6.92 Å². The van der Waals surface area contributed by atoms with Crippen molar-refractivity contribution in [1.82, 2.24) is 4.98 Å². The topological polar surface area (TPSA) is 54.0 Å². The lowest BCUT2D eigenvalue weighted by molar-refractivity contribution is -0.114. The Bertz CT molecular complexity index is 914. The molecule has 1 heterocycles. The summed E-state index contributed by atoms with van der Waals surface area (Å²) in [6.07, 6.45) is 0. The van der Waals surface area contributed by atoms with Gasteiger partial charge in [0.1, 0.15) is 11.0 Å². The standard InChI is InChI=1S/C18H15BrClN3O/c1-11-8-13(19)6-7-15(11)22-17(24)10-21-16-9-12-4-2-3-5-14(12)18(20)23-16/h2-9H,10H2,1H3,(H,21,23)(H,22,24). The Morgan fingerprint density at radius 2 is 2.00 bits per heavy atom. The maximum absolute atomic E-state index is 12.1. The molecular formula is C18H15BrClN3O. The molecular weight excluding hydrogens is 390 g/mol. The summed E-state index contributed by atoms with van der Waals surface area (Å²) in [7, 11) is 0. The van der Waals surface area contributed by atoms with Gasteiger partial charge in [-0.15, -0.1) is 0 Å². The van der Waals surface area contributed by atoms with Crippen LogP contribution in [0.25, 0.3) is 10.8 Å². The number of nitrogens with zero attached hydrogens (tertiary/aromatic N) is 1. The Morgan fingerprint density at radius 3 is 2.79 bits per heavy atom. The molecule has 0 saturated heterocycles. The lowest BCUT2D eigenvalue weighted by atomic mass is 10.2. The summed E-state index contributed by atoms with van der Waals surface area (Å²) in [5, 5.41) is 8.17. The van der Waals surface area contributed by atoms with Crippen LogP contribution in [0.4, 0.5) is 11.5 Å². The van der Waals surface area contributed by atoms with Gasteiger partial charge >= 0.3 is 0 Å². The highest BCUT2D eigenvalue weighted by Crippen LogP contribution is 2.24. The van der Waals surface area contributed by atoms with Crippen LogP contribution < -0.4 is 10.6 Å². The van der Waals surface area contributed by atoms with Crippen LogP contribution >= 0.6 is 27.5 Å². The fourth-order valence-electron chi connectivity index (χ4n) is 2.38. The predicted molar refractivity (Wildman–Crippen MR) is 103 cm³/mol. The second-order valence-corrected chi connectivity index (χ2v) is 6.65. The number of pyridine rings is 1. The second-order valence-electron chi connectivity index (χ2n) is 5.38. The molecule has 1 amide bonds. The van der Waals surface area contributed by atoms with E-state index in [0.29, 0.717) is 11.0 Å². The largest absolute Gasteiger partial charge is 0.361 e. The summed E-state index contributed by atoms with van der Waals surface area (Å²) >= 11 is 9.59. The molecule has 2 aromatic carbocycles. The van der Waals surface area contributed by atoms with E-state index < -0.39 is 0 Å². The number of anilines is 2. The number of fused-ring (bicyclic) bond motifs is 1. The first-order chi connectivity index (χ1) is 11.5. The zero-order valence-corrected chi connectivity index (χ0v) is 15.3. The molecule has 4 nitrogen and oxygen atoms in total. The summed E-state index contributed by atoms with van der Waals surface area (Å²) in [5.41, 5.74) is 1.78. The van der Waals surface area contributed by atoms with Crippen molar-refractivity contribution in [2.45, 2.75) is 6.92 Å². The molecule has 0 radical (unpaired) electrons. The number of aryl methyl sites for hydroxylation is 1. The van der Waals surface area contributed by atoms with Crippen molar-refractivity contribution in [2.24, 2.45) is 0 Å². The molecule has 0 bridgehead atoms. The summed E-state index contributed by atoms with van der Waals surface area (Å²) < 4.78 is 0.978. The van der Waals surface area contributed by atoms with E-state index in [9.17, 15) is 4.79 Å². The Kier molecular flexibility index (Phi) is 5.02. The zero-order chi connectivity index (χ0) is 17.1. The molecule has 24 heavy (non-hydrogen) atoms. The molecule has 0 atom stereocenters. The minimum absolute atomic E-state index is 0.108. The van der Waals surface area contributed by atoms with Crippen molar-refractivity contribution in [3.63, 3.8) is 0 Å². The zero-order valence-electron chi connectivity index (χ0n) is 12.9. The van der Waals surface area contributed by atoms with Crippen LogP contribution in [0.2, 0.25) is 5.15 Å². The van der Waals surface area contributed by atoms with Crippen molar-refractivity contribution >= 4 is 55.7 Å². The average Bonchev–Trinajstić information content (AvgIpc) is 2.56. The van der Waals surface area contributed by atoms with Gasteiger partial charge in [0, 0.05) is 15.5 Å². The van der Waals surface area contributed by atoms with Crippen LogP contribution in [0.1, 0.15) is 5.56 Å². The first kappa shape index (κ1) is 16.7. The number of amides is 1. The number of rotatable bonds is 4. The van der Waals surface area contributed by atoms with Crippen molar-refractivity contribution < 1.29 is 4.79 Å². The first-order valence-electron chi connectivity index (χ1n) is 7.38. The molecule has 3 rings (SSSR count).